The Bertz CT molecular complexity index is 3500. The van der Waals surface area contributed by atoms with Gasteiger partial charge in [-0.1, -0.05) is 247 Å². The molecule has 1 aromatic carbocycles. The topological polar surface area (TPSA) is 219 Å². The molecule has 0 aromatic heterocycles. The summed E-state index contributed by atoms with van der Waals surface area (Å²) in [5.74, 6) is -3.62. The zero-order chi connectivity index (χ0) is 88.2. The molecule has 0 saturated carbocycles. The molecular formula is C92H153NO19P4Si3. The van der Waals surface area contributed by atoms with Gasteiger partial charge in [-0.25, -0.2) is 9.59 Å². The summed E-state index contributed by atoms with van der Waals surface area (Å²) < 4.78 is 106. The van der Waals surface area contributed by atoms with Crippen molar-refractivity contribution in [3.05, 3.63) is 146 Å². The van der Waals surface area contributed by atoms with E-state index in [2.05, 4.69) is 186 Å². The monoisotopic (exact) mass is 1780 g/mol. The van der Waals surface area contributed by atoms with E-state index in [1.54, 1.807) is 25.3 Å². The van der Waals surface area contributed by atoms with Gasteiger partial charge in [-0.3, -0.25) is 9.59 Å². The van der Waals surface area contributed by atoms with E-state index in [1.807, 2.05) is 98.9 Å². The standard InChI is InChI=1S/C92H153NO19P4Si3/c1-26-54-99-86(96)81-78-57-72(103-87-84(108-85(95)70-48-50-71(51-49-70)91(20,21)22)82(93-88(97)100-55-27-2)83(69(19)102-87)112-119(32-7,33-8)64(13)14)47-45-43-41-39-37-35-34-36-38-40-42-44-46-65(15)66(16)67(17)68(18)101-80(94)59-74-56-73(104-89(105-74)115(24)113)52-53-76(110-117(28-3,29-4)62(9)10)77-58-75(106-90(107-77)116(25)114)60-92(98-23,109-78)61-79(81)111-118(30-5,31-6)63(11)12/h26-27,34-51,62-69,72-79,81-84,87,89-90H,1-2,28-33,52-61,113-114H2,3-25H3,(H,93,97)/b35-34+,38-36+,39-37+,42-40+,43-41+,46-44+,47-45+/t65-,66+,67+,68-,69+,72-,73?,74+,75?,76+,77+,78?,79-,81-,82?,83+,84-,87-,89?,90?,92+,115?,116?/m0/s1. The summed E-state index contributed by atoms with van der Waals surface area (Å²) in [5, 5.41) is 3.12. The number of hydrogen-bond acceptors (Lipinski definition) is 19. The lowest BCUT2D eigenvalue weighted by Crippen LogP contribution is -2.68. The van der Waals surface area contributed by atoms with Crippen molar-refractivity contribution < 1.29 is 89.3 Å². The van der Waals surface area contributed by atoms with E-state index in [4.69, 9.17) is 70.1 Å². The zero-order valence-electron chi connectivity index (χ0n) is 76.4. The summed E-state index contributed by atoms with van der Waals surface area (Å²) in [5.41, 5.74) is 1.60. The van der Waals surface area contributed by atoms with Crippen molar-refractivity contribution >= 4 is 82.0 Å². The number of benzene rings is 1. The van der Waals surface area contributed by atoms with Crippen LogP contribution in [-0.4, -0.2) is 186 Å². The van der Waals surface area contributed by atoms with Gasteiger partial charge in [0.25, 0.3) is 0 Å². The lowest BCUT2D eigenvalue weighted by molar-refractivity contribution is -0.325. The minimum atomic E-state index is -2.75. The summed E-state index contributed by atoms with van der Waals surface area (Å²) in [6.45, 7) is 55.0. The number of carbonyl (C=O) groups excluding carboxylic acids is 4. The first-order valence-corrected chi connectivity index (χ1v) is 58.2. The van der Waals surface area contributed by atoms with E-state index in [0.717, 1.165) is 41.8 Å². The Labute approximate surface area is 726 Å². The van der Waals surface area contributed by atoms with Crippen LogP contribution in [0.2, 0.25) is 52.9 Å². The molecule has 1 amide bonds. The fourth-order valence-electron chi connectivity index (χ4n) is 17.3. The largest absolute Gasteiger partial charge is 0.462 e. The Morgan fingerprint density at radius 2 is 1.10 bits per heavy atom. The molecule has 672 valence electrons. The highest BCUT2D eigenvalue weighted by atomic mass is 32.0. The molecule has 5 heterocycles. The van der Waals surface area contributed by atoms with Gasteiger partial charge in [0.2, 0.25) is 0 Å². The molecule has 0 aliphatic carbocycles. The molecular weight excluding hydrogens is 1630 g/mol. The van der Waals surface area contributed by atoms with Crippen LogP contribution in [0, 0.1) is 23.7 Å². The van der Waals surface area contributed by atoms with Crippen molar-refractivity contribution in [1.29, 1.82) is 0 Å². The van der Waals surface area contributed by atoms with E-state index in [-0.39, 0.29) is 102 Å². The minimum Gasteiger partial charge on any atom is -0.462 e. The Morgan fingerprint density at radius 1 is 0.597 bits per heavy atom. The van der Waals surface area contributed by atoms with E-state index in [1.165, 1.54) is 6.08 Å². The van der Waals surface area contributed by atoms with Crippen molar-refractivity contribution in [2.24, 2.45) is 23.7 Å². The number of esters is 3. The number of hydrogen-bond donors (Lipinski definition) is 1. The van der Waals surface area contributed by atoms with Gasteiger partial charge in [0.05, 0.1) is 73.0 Å². The number of fused-ring (bicyclic) bond motifs is 6. The van der Waals surface area contributed by atoms with Gasteiger partial charge < -0.3 is 75.4 Å². The van der Waals surface area contributed by atoms with Gasteiger partial charge in [-0.2, -0.15) is 0 Å². The maximum Gasteiger partial charge on any atom is 0.407 e. The molecule has 1 aromatic rings. The summed E-state index contributed by atoms with van der Waals surface area (Å²) >= 11 is 0. The van der Waals surface area contributed by atoms with Crippen molar-refractivity contribution in [1.82, 2.24) is 5.32 Å². The lowest BCUT2D eigenvalue weighted by Gasteiger charge is -2.52. The molecule has 10 unspecified atom stereocenters. The van der Waals surface area contributed by atoms with Crippen LogP contribution in [0.1, 0.15) is 206 Å². The molecule has 25 atom stereocenters. The first-order chi connectivity index (χ1) is 56.4. The normalized spacial score (nSPS) is 33.5. The van der Waals surface area contributed by atoms with Crippen molar-refractivity contribution in [3.63, 3.8) is 0 Å². The van der Waals surface area contributed by atoms with Crippen LogP contribution in [0.5, 0.6) is 0 Å². The Kier molecular flexibility index (Phi) is 43.9. The van der Waals surface area contributed by atoms with Gasteiger partial charge in [-0.15, -0.1) is 17.9 Å². The second kappa shape index (κ2) is 50.1. The lowest BCUT2D eigenvalue weighted by atomic mass is 9.82. The average molecular weight is 1790 g/mol. The SMILES string of the molecule is C=CCOC(=O)NC1[C@H](OC(=O)c2ccc(C(C)(C)C)cc2)[C@H](O[C@H]2/C=C/C=C/C=C/C=C/C=C/C=C/C=C/[C@H](C)[C@@H](C)[C@@H](C)[C@H](C)OC(=O)C[C@H]3CC(CC[C@@H](O[Si](CC)(CC)C(C)C)[C@H]4CC(C[C@]5(OC)C[C@H](O[Si](CC)(CC)C(C)C)[C@@H](C(=O)OCC=C)C(C2)O5)OC(P(C)P)O4)OC(P(C)P)O3)O[C@H](C)[C@H]1O[Si](CC)(CC)C(C)C. The Hall–Kier alpha value is -3.51. The van der Waals surface area contributed by atoms with Crippen LogP contribution in [0.25, 0.3) is 0 Å². The number of allylic oxidation sites excluding steroid dienone is 13. The predicted octanol–water partition coefficient (Wildman–Crippen LogP) is 22.2. The third kappa shape index (κ3) is 30.1. The smallest absolute Gasteiger partial charge is 0.407 e. The highest BCUT2D eigenvalue weighted by molar-refractivity contribution is 8.13. The fourth-order valence-corrected chi connectivity index (χ4v) is 30.4. The number of nitrogens with one attached hydrogen (secondary N) is 1. The van der Waals surface area contributed by atoms with Gasteiger partial charge in [0, 0.05) is 39.2 Å². The number of rotatable bonds is 28. The fraction of sp³-hybridized carbons (Fsp3) is 0.696. The number of carbonyl (C=O) groups is 4. The average Bonchev–Trinajstić information content (AvgIpc) is 0.749. The number of cyclic esters (lactones) is 1. The third-order valence-corrected chi connectivity index (χ3v) is 44.7. The van der Waals surface area contributed by atoms with Gasteiger partial charge in [0.15, 0.2) is 55.2 Å². The highest BCUT2D eigenvalue weighted by Gasteiger charge is 2.58. The van der Waals surface area contributed by atoms with Crippen molar-refractivity contribution in [2.75, 3.05) is 33.7 Å². The van der Waals surface area contributed by atoms with Crippen molar-refractivity contribution in [2.45, 2.75) is 352 Å². The molecule has 5 aliphatic heterocycles. The zero-order valence-corrected chi connectivity index (χ0v) is 83.5. The summed E-state index contributed by atoms with van der Waals surface area (Å²) in [6.07, 6.45) is 22.2. The van der Waals surface area contributed by atoms with Gasteiger partial charge >= 0.3 is 24.0 Å². The first-order valence-electron chi connectivity index (χ1n) is 44.1. The molecule has 4 fully saturated rings. The molecule has 27 heteroatoms. The van der Waals surface area contributed by atoms with Crippen molar-refractivity contribution in [3.8, 4) is 0 Å². The van der Waals surface area contributed by atoms with Crippen LogP contribution >= 0.6 is 33.1 Å². The second-order valence-corrected chi connectivity index (χ2v) is 58.5. The van der Waals surface area contributed by atoms with Crippen LogP contribution in [0.15, 0.2) is 135 Å². The molecule has 1 N–H and O–H groups in total. The third-order valence-electron chi connectivity index (χ3n) is 25.7. The maximum absolute atomic E-state index is 15.7. The Balaban J connectivity index is 1.62. The molecule has 6 rings (SSSR count). The molecule has 0 spiro atoms. The number of methoxy groups -OCH3 is 1. The number of amides is 1. The Morgan fingerprint density at radius 3 is 1.62 bits per heavy atom. The van der Waals surface area contributed by atoms with Gasteiger partial charge in [-0.05, 0) is 149 Å². The number of alkyl carbamates (subject to hydrolysis) is 1. The van der Waals surface area contributed by atoms with E-state index < -0.39 is 155 Å². The molecule has 5 aliphatic rings. The molecule has 20 nitrogen and oxygen atoms in total. The first kappa shape index (κ1) is 104. The molecule has 4 saturated heterocycles. The quantitative estimate of drug-likeness (QED) is 0.0271. The van der Waals surface area contributed by atoms with E-state index >= 15 is 9.59 Å². The summed E-state index contributed by atoms with van der Waals surface area (Å²) in [4.78, 5) is 59.4. The minimum absolute atomic E-state index is 0.0493. The molecule has 119 heavy (non-hydrogen) atoms. The molecule has 0 radical (unpaired) electrons. The maximum atomic E-state index is 15.7. The number of ether oxygens (including phenoxy) is 12. The van der Waals surface area contributed by atoms with Crippen LogP contribution in [0.3, 0.4) is 0 Å². The second-order valence-electron chi connectivity index (χ2n) is 35.3. The molecule has 6 bridgehead atoms. The predicted molar refractivity (Wildman–Crippen MR) is 497 cm³/mol. The van der Waals surface area contributed by atoms with E-state index in [0.29, 0.717) is 25.7 Å². The summed E-state index contributed by atoms with van der Waals surface area (Å²) in [7, 11) is -2.15. The van der Waals surface area contributed by atoms with Crippen LogP contribution in [-0.2, 0) is 85.1 Å². The van der Waals surface area contributed by atoms with Crippen LogP contribution in [0.4, 0.5) is 4.79 Å². The highest BCUT2D eigenvalue weighted by Crippen LogP contribution is 2.54. The van der Waals surface area contributed by atoms with Crippen LogP contribution < -0.4 is 5.32 Å². The van der Waals surface area contributed by atoms with E-state index in [9.17, 15) is 9.59 Å². The van der Waals surface area contributed by atoms with Gasteiger partial charge in [0.1, 0.15) is 31.3 Å². The summed E-state index contributed by atoms with van der Waals surface area (Å²) in [6, 6.07) is 9.85.